The smallest absolute Gasteiger partial charge is 0.234 e. The van der Waals surface area contributed by atoms with Crippen molar-refractivity contribution in [3.05, 3.63) is 27.7 Å². The van der Waals surface area contributed by atoms with Gasteiger partial charge in [0.2, 0.25) is 5.91 Å². The first-order chi connectivity index (χ1) is 8.02. The lowest BCUT2D eigenvalue weighted by molar-refractivity contribution is -0.113. The Balaban J connectivity index is 2.56. The van der Waals surface area contributed by atoms with Crippen LogP contribution in [0.25, 0.3) is 0 Å². The number of carbonyl (C=O) groups excluding carboxylic acids is 1. The number of thioether (sulfide) groups is 1. The molecule has 17 heavy (non-hydrogen) atoms. The van der Waals surface area contributed by atoms with Gasteiger partial charge in [-0.15, -0.1) is 0 Å². The molecule has 0 aliphatic heterocycles. The molecule has 0 aliphatic carbocycles. The second-order valence-electron chi connectivity index (χ2n) is 2.93. The summed E-state index contributed by atoms with van der Waals surface area (Å²) in [7, 11) is 0. The van der Waals surface area contributed by atoms with E-state index in [-0.39, 0.29) is 16.8 Å². The minimum absolute atomic E-state index is 0.124. The number of carbonyl (C=O) groups is 1. The van der Waals surface area contributed by atoms with E-state index in [1.54, 1.807) is 18.2 Å². The zero-order chi connectivity index (χ0) is 12.8. The van der Waals surface area contributed by atoms with Crippen LogP contribution in [0.2, 0.25) is 5.02 Å². The normalized spacial score (nSPS) is 11.3. The van der Waals surface area contributed by atoms with Crippen molar-refractivity contribution in [1.29, 1.82) is 0 Å². The summed E-state index contributed by atoms with van der Waals surface area (Å²) < 4.78 is 0.842. The van der Waals surface area contributed by atoms with Gasteiger partial charge in [0, 0.05) is 4.47 Å². The largest absolute Gasteiger partial charge is 0.377 e. The Kier molecular flexibility index (Phi) is 5.60. The predicted molar refractivity (Wildman–Crippen MR) is 76.0 cm³/mol. The Morgan fingerprint density at radius 2 is 2.29 bits per heavy atom. The molecule has 1 amide bonds. The van der Waals surface area contributed by atoms with Crippen molar-refractivity contribution in [2.75, 3.05) is 11.1 Å². The molecule has 0 saturated carbocycles. The van der Waals surface area contributed by atoms with Crippen LogP contribution in [0.1, 0.15) is 0 Å². The van der Waals surface area contributed by atoms with Crippen molar-refractivity contribution < 1.29 is 4.79 Å². The summed E-state index contributed by atoms with van der Waals surface area (Å²) >= 11 is 10.3. The molecule has 0 heterocycles. The fraction of sp³-hybridized carbons (Fsp3) is 0.111. The fourth-order valence-corrected chi connectivity index (χ4v) is 2.10. The van der Waals surface area contributed by atoms with Gasteiger partial charge < -0.3 is 16.9 Å². The van der Waals surface area contributed by atoms with Crippen molar-refractivity contribution in [2.45, 2.75) is 0 Å². The topological polar surface area (TPSA) is 93.5 Å². The van der Waals surface area contributed by atoms with Gasteiger partial charge in [0.05, 0.1) is 16.5 Å². The SMILES string of the molecule is NN=C(N)SCC(=O)Nc1ccc(Br)cc1Cl. The molecule has 0 unspecified atom stereocenters. The fourth-order valence-electron chi connectivity index (χ4n) is 0.954. The molecule has 1 aromatic carbocycles. The Bertz CT molecular complexity index is 455. The molecule has 0 atom stereocenters. The first-order valence-corrected chi connectivity index (χ1v) is 6.59. The summed E-state index contributed by atoms with van der Waals surface area (Å²) in [5.74, 6) is 4.83. The minimum atomic E-state index is -0.231. The van der Waals surface area contributed by atoms with E-state index in [1.165, 1.54) is 0 Å². The van der Waals surface area contributed by atoms with E-state index in [4.69, 9.17) is 23.2 Å². The number of amides is 1. The van der Waals surface area contributed by atoms with Crippen LogP contribution in [-0.2, 0) is 4.79 Å². The standard InChI is InChI=1S/C9H10BrClN4OS/c10-5-1-2-7(6(11)3-5)14-8(16)4-17-9(12)15-13/h1-3H,4,13H2,(H2,12,15)(H,14,16). The highest BCUT2D eigenvalue weighted by atomic mass is 79.9. The van der Waals surface area contributed by atoms with Gasteiger partial charge in [0.25, 0.3) is 0 Å². The molecule has 0 bridgehead atoms. The highest BCUT2D eigenvalue weighted by Gasteiger charge is 2.07. The highest BCUT2D eigenvalue weighted by molar-refractivity contribution is 9.10. The molecule has 0 radical (unpaired) electrons. The van der Waals surface area contributed by atoms with Gasteiger partial charge in [-0.05, 0) is 18.2 Å². The molecule has 1 rings (SSSR count). The zero-order valence-electron chi connectivity index (χ0n) is 8.61. The summed E-state index contributed by atoms with van der Waals surface area (Å²) in [6.45, 7) is 0. The number of hydrazone groups is 1. The van der Waals surface area contributed by atoms with Crippen LogP contribution in [0.4, 0.5) is 5.69 Å². The molecule has 1 aromatic rings. The third-order valence-electron chi connectivity index (χ3n) is 1.68. The van der Waals surface area contributed by atoms with Crippen molar-refractivity contribution in [3.8, 4) is 0 Å². The van der Waals surface area contributed by atoms with Crippen LogP contribution < -0.4 is 16.9 Å². The number of amidine groups is 1. The van der Waals surface area contributed by atoms with E-state index in [0.717, 1.165) is 16.2 Å². The van der Waals surface area contributed by atoms with Gasteiger partial charge in [0.1, 0.15) is 0 Å². The number of rotatable bonds is 3. The number of nitrogens with zero attached hydrogens (tertiary/aromatic N) is 1. The summed E-state index contributed by atoms with van der Waals surface area (Å²) in [5.41, 5.74) is 5.89. The highest BCUT2D eigenvalue weighted by Crippen LogP contribution is 2.25. The number of anilines is 1. The van der Waals surface area contributed by atoms with Gasteiger partial charge in [-0.25, -0.2) is 0 Å². The van der Waals surface area contributed by atoms with E-state index in [1.807, 2.05) is 0 Å². The molecule has 8 heteroatoms. The first-order valence-electron chi connectivity index (χ1n) is 4.44. The average Bonchev–Trinajstić information content (AvgIpc) is 2.29. The molecular formula is C9H10BrClN4OS. The quantitative estimate of drug-likeness (QED) is 0.340. The minimum Gasteiger partial charge on any atom is -0.377 e. The van der Waals surface area contributed by atoms with Gasteiger partial charge in [0.15, 0.2) is 5.17 Å². The van der Waals surface area contributed by atoms with E-state index < -0.39 is 0 Å². The molecule has 92 valence electrons. The molecule has 5 N–H and O–H groups in total. The van der Waals surface area contributed by atoms with Gasteiger partial charge in [-0.3, -0.25) is 4.79 Å². The number of halogens is 2. The Labute approximate surface area is 116 Å². The van der Waals surface area contributed by atoms with E-state index in [9.17, 15) is 4.79 Å². The Morgan fingerprint density at radius 3 is 2.88 bits per heavy atom. The summed E-state index contributed by atoms with van der Waals surface area (Å²) in [6, 6.07) is 5.18. The third-order valence-corrected chi connectivity index (χ3v) is 3.30. The number of hydrogen-bond donors (Lipinski definition) is 3. The summed E-state index contributed by atoms with van der Waals surface area (Å²) in [4.78, 5) is 11.5. The van der Waals surface area contributed by atoms with Crippen molar-refractivity contribution in [1.82, 2.24) is 0 Å². The van der Waals surface area contributed by atoms with Crippen molar-refractivity contribution in [3.63, 3.8) is 0 Å². The Morgan fingerprint density at radius 1 is 1.59 bits per heavy atom. The van der Waals surface area contributed by atoms with Gasteiger partial charge >= 0.3 is 0 Å². The maximum absolute atomic E-state index is 11.5. The van der Waals surface area contributed by atoms with Crippen LogP contribution in [0, 0.1) is 0 Å². The molecule has 5 nitrogen and oxygen atoms in total. The van der Waals surface area contributed by atoms with Gasteiger partial charge in [-0.2, -0.15) is 5.10 Å². The number of nitrogens with one attached hydrogen (secondary N) is 1. The Hall–Kier alpha value is -0.920. The lowest BCUT2D eigenvalue weighted by Gasteiger charge is -2.06. The molecule has 0 aliphatic rings. The molecule has 0 spiro atoms. The average molecular weight is 338 g/mol. The van der Waals surface area contributed by atoms with Crippen molar-refractivity contribution in [2.24, 2.45) is 16.7 Å². The second kappa shape index (κ2) is 6.73. The maximum Gasteiger partial charge on any atom is 0.234 e. The van der Waals surface area contributed by atoms with E-state index in [0.29, 0.717) is 10.7 Å². The van der Waals surface area contributed by atoms with Crippen LogP contribution in [0.5, 0.6) is 0 Å². The molecule has 0 aromatic heterocycles. The monoisotopic (exact) mass is 336 g/mol. The van der Waals surface area contributed by atoms with Crippen LogP contribution in [-0.4, -0.2) is 16.8 Å². The lowest BCUT2D eigenvalue weighted by Crippen LogP contribution is -2.18. The molecule has 0 fully saturated rings. The number of hydrogen-bond acceptors (Lipinski definition) is 4. The van der Waals surface area contributed by atoms with Crippen LogP contribution in [0.3, 0.4) is 0 Å². The van der Waals surface area contributed by atoms with Gasteiger partial charge in [-0.1, -0.05) is 39.3 Å². The van der Waals surface area contributed by atoms with Crippen LogP contribution in [0.15, 0.2) is 27.8 Å². The maximum atomic E-state index is 11.5. The lowest BCUT2D eigenvalue weighted by atomic mass is 10.3. The van der Waals surface area contributed by atoms with Crippen molar-refractivity contribution >= 4 is 56.1 Å². The van der Waals surface area contributed by atoms with E-state index in [2.05, 4.69) is 26.3 Å². The van der Waals surface area contributed by atoms with Crippen LogP contribution >= 0.6 is 39.3 Å². The third kappa shape index (κ3) is 4.84. The second-order valence-corrected chi connectivity index (χ2v) is 5.25. The zero-order valence-corrected chi connectivity index (χ0v) is 11.8. The summed E-state index contributed by atoms with van der Waals surface area (Å²) in [5, 5.41) is 6.51. The number of nitrogens with two attached hydrogens (primary N) is 2. The summed E-state index contributed by atoms with van der Waals surface area (Å²) in [6.07, 6.45) is 0. The molecular weight excluding hydrogens is 328 g/mol. The van der Waals surface area contributed by atoms with E-state index >= 15 is 0 Å². The molecule has 0 saturated heterocycles. The number of benzene rings is 1. The first kappa shape index (κ1) is 14.1. The predicted octanol–water partition coefficient (Wildman–Crippen LogP) is 1.96.